The van der Waals surface area contributed by atoms with Crippen LogP contribution < -0.4 is 5.73 Å². The molecule has 0 bridgehead atoms. The number of aryl methyl sites for hydroxylation is 1. The van der Waals surface area contributed by atoms with Crippen LogP contribution in [0.3, 0.4) is 0 Å². The van der Waals surface area contributed by atoms with E-state index in [1.807, 2.05) is 43.5 Å². The highest BCUT2D eigenvalue weighted by Crippen LogP contribution is 2.22. The average Bonchev–Trinajstić information content (AvgIpc) is 2.78. The smallest absolute Gasteiger partial charge is 0.326 e. The summed E-state index contributed by atoms with van der Waals surface area (Å²) in [6.45, 7) is 6.06. The lowest BCUT2D eigenvalue weighted by Crippen LogP contribution is -2.20. The fourth-order valence-corrected chi connectivity index (χ4v) is 2.14. The summed E-state index contributed by atoms with van der Waals surface area (Å²) < 4.78 is 7.22. The van der Waals surface area contributed by atoms with E-state index in [-0.39, 0.29) is 18.6 Å². The number of nitrogens with two attached hydrogens (primary N) is 1. The quantitative estimate of drug-likeness (QED) is 0.672. The molecule has 2 N–H and O–H groups in total. The molecule has 2 rings (SSSR count). The van der Waals surface area contributed by atoms with Crippen LogP contribution in [-0.4, -0.2) is 21.6 Å². The van der Waals surface area contributed by atoms with Gasteiger partial charge in [0.05, 0.1) is 17.3 Å². The summed E-state index contributed by atoms with van der Waals surface area (Å²) in [7, 11) is 0. The number of hydrogen-bond acceptors (Lipinski definition) is 4. The second-order valence-electron chi connectivity index (χ2n) is 4.89. The number of aromatic nitrogens is 2. The molecule has 0 spiro atoms. The summed E-state index contributed by atoms with van der Waals surface area (Å²) in [6, 6.07) is 5.61. The van der Waals surface area contributed by atoms with E-state index >= 15 is 0 Å². The molecule has 0 amide bonds. The van der Waals surface area contributed by atoms with Crippen LogP contribution in [0.1, 0.15) is 33.0 Å². The van der Waals surface area contributed by atoms with Gasteiger partial charge in [0, 0.05) is 6.42 Å². The van der Waals surface area contributed by atoms with Crippen LogP contribution in [0.25, 0.3) is 11.0 Å². The molecule has 0 saturated heterocycles. The predicted octanol–water partition coefficient (Wildman–Crippen LogP) is 2.52. The summed E-state index contributed by atoms with van der Waals surface area (Å²) in [5, 5.41) is 0. The number of rotatable bonds is 5. The van der Waals surface area contributed by atoms with Crippen molar-refractivity contribution < 1.29 is 9.53 Å². The Balaban J connectivity index is 2.33. The summed E-state index contributed by atoms with van der Waals surface area (Å²) in [5.74, 6) is 0.606. The first-order valence-corrected chi connectivity index (χ1v) is 6.99. The molecule has 20 heavy (non-hydrogen) atoms. The molecule has 1 aromatic heterocycles. The Kier molecular flexibility index (Phi) is 4.27. The highest BCUT2D eigenvalue weighted by Gasteiger charge is 2.15. The molecule has 1 atom stereocenters. The van der Waals surface area contributed by atoms with Crippen LogP contribution >= 0.6 is 0 Å². The van der Waals surface area contributed by atoms with E-state index in [4.69, 9.17) is 10.5 Å². The number of carbonyl (C=O) groups excluding carboxylic acids is 1. The molecule has 5 nitrogen and oxygen atoms in total. The maximum Gasteiger partial charge on any atom is 0.326 e. The van der Waals surface area contributed by atoms with Crippen molar-refractivity contribution in [1.82, 2.24) is 9.55 Å². The summed E-state index contributed by atoms with van der Waals surface area (Å²) in [6.07, 6.45) is 1.49. The molecule has 0 fully saturated rings. The summed E-state index contributed by atoms with van der Waals surface area (Å²) in [5.41, 5.74) is 8.19. The van der Waals surface area contributed by atoms with Crippen LogP contribution in [0.5, 0.6) is 0 Å². The third-order valence-corrected chi connectivity index (χ3v) is 3.40. The number of hydrogen-bond donors (Lipinski definition) is 1. The summed E-state index contributed by atoms with van der Waals surface area (Å²) in [4.78, 5) is 16.5. The highest BCUT2D eigenvalue weighted by atomic mass is 16.5. The molecule has 0 saturated carbocycles. The zero-order valence-electron chi connectivity index (χ0n) is 12.2. The second-order valence-corrected chi connectivity index (χ2v) is 4.89. The largest absolute Gasteiger partial charge is 0.461 e. The molecular weight excluding hydrogens is 254 g/mol. The Bertz CT molecular complexity index is 619. The van der Waals surface area contributed by atoms with Crippen molar-refractivity contribution in [2.45, 2.75) is 46.3 Å². The van der Waals surface area contributed by atoms with E-state index in [0.717, 1.165) is 29.7 Å². The standard InChI is InChI=1S/C15H21N3O2/c1-4-10(3)20-14(19)9-18-12-8-6-7-11(16)15(12)17-13(18)5-2/h6-8,10H,4-5,9,16H2,1-3H3. The van der Waals surface area contributed by atoms with Gasteiger partial charge in [-0.3, -0.25) is 4.79 Å². The Labute approximate surface area is 118 Å². The molecule has 1 aromatic carbocycles. The van der Waals surface area contributed by atoms with Gasteiger partial charge in [-0.15, -0.1) is 0 Å². The van der Waals surface area contributed by atoms with E-state index in [1.54, 1.807) is 0 Å². The van der Waals surface area contributed by atoms with Crippen molar-refractivity contribution in [2.24, 2.45) is 0 Å². The van der Waals surface area contributed by atoms with Crippen molar-refractivity contribution in [3.05, 3.63) is 24.0 Å². The minimum atomic E-state index is -0.240. The molecule has 5 heteroatoms. The molecule has 108 valence electrons. The predicted molar refractivity (Wildman–Crippen MR) is 79.4 cm³/mol. The van der Waals surface area contributed by atoms with Gasteiger partial charge in [0.15, 0.2) is 0 Å². The number of imidazole rings is 1. The lowest BCUT2D eigenvalue weighted by atomic mass is 10.3. The number of esters is 1. The van der Waals surface area contributed by atoms with Gasteiger partial charge in [0.1, 0.15) is 17.9 Å². The van der Waals surface area contributed by atoms with Gasteiger partial charge >= 0.3 is 5.97 Å². The Morgan fingerprint density at radius 2 is 2.20 bits per heavy atom. The van der Waals surface area contributed by atoms with Gasteiger partial charge < -0.3 is 15.0 Å². The Morgan fingerprint density at radius 3 is 2.85 bits per heavy atom. The SMILES string of the molecule is CCc1nc2c(N)cccc2n1CC(=O)OC(C)CC. The number of anilines is 1. The van der Waals surface area contributed by atoms with Crippen LogP contribution in [0.4, 0.5) is 5.69 Å². The van der Waals surface area contributed by atoms with Crippen LogP contribution in [0.15, 0.2) is 18.2 Å². The third-order valence-electron chi connectivity index (χ3n) is 3.40. The maximum atomic E-state index is 12.0. The molecule has 0 aliphatic rings. The first-order chi connectivity index (χ1) is 9.56. The van der Waals surface area contributed by atoms with Gasteiger partial charge in [-0.25, -0.2) is 4.98 Å². The van der Waals surface area contributed by atoms with Gasteiger partial charge in [0.2, 0.25) is 0 Å². The van der Waals surface area contributed by atoms with Gasteiger partial charge in [-0.1, -0.05) is 19.9 Å². The van der Waals surface area contributed by atoms with E-state index < -0.39 is 0 Å². The molecule has 0 aliphatic carbocycles. The third kappa shape index (κ3) is 2.76. The first-order valence-electron chi connectivity index (χ1n) is 6.99. The molecule has 0 aliphatic heterocycles. The second kappa shape index (κ2) is 5.94. The van der Waals surface area contributed by atoms with Gasteiger partial charge in [-0.2, -0.15) is 0 Å². The molecule has 1 unspecified atom stereocenters. The Morgan fingerprint density at radius 1 is 1.45 bits per heavy atom. The number of carbonyl (C=O) groups is 1. The van der Waals surface area contributed by atoms with Crippen molar-refractivity contribution in [3.63, 3.8) is 0 Å². The topological polar surface area (TPSA) is 70.1 Å². The Hall–Kier alpha value is -2.04. The molecule has 1 heterocycles. The van der Waals surface area contributed by atoms with Crippen LogP contribution in [0, 0.1) is 0 Å². The van der Waals surface area contributed by atoms with E-state index in [2.05, 4.69) is 4.98 Å². The van der Waals surface area contributed by atoms with E-state index in [9.17, 15) is 4.79 Å². The molecule has 0 radical (unpaired) electrons. The van der Waals surface area contributed by atoms with Crippen LogP contribution in [-0.2, 0) is 22.5 Å². The number of fused-ring (bicyclic) bond motifs is 1. The van der Waals surface area contributed by atoms with E-state index in [0.29, 0.717) is 5.69 Å². The lowest BCUT2D eigenvalue weighted by molar-refractivity contribution is -0.149. The lowest BCUT2D eigenvalue weighted by Gasteiger charge is -2.12. The monoisotopic (exact) mass is 275 g/mol. The number of benzene rings is 1. The average molecular weight is 275 g/mol. The normalized spacial score (nSPS) is 12.6. The van der Waals surface area contributed by atoms with Crippen molar-refractivity contribution in [2.75, 3.05) is 5.73 Å². The maximum absolute atomic E-state index is 12.0. The van der Waals surface area contributed by atoms with Gasteiger partial charge in [0.25, 0.3) is 0 Å². The fraction of sp³-hybridized carbons (Fsp3) is 0.467. The molecular formula is C15H21N3O2. The number of nitrogen functional groups attached to an aromatic ring is 1. The van der Waals surface area contributed by atoms with Crippen LogP contribution in [0.2, 0.25) is 0 Å². The van der Waals surface area contributed by atoms with Crippen molar-refractivity contribution in [3.8, 4) is 0 Å². The van der Waals surface area contributed by atoms with Crippen molar-refractivity contribution >= 4 is 22.7 Å². The van der Waals surface area contributed by atoms with Crippen molar-refractivity contribution in [1.29, 1.82) is 0 Å². The first kappa shape index (κ1) is 14.4. The number of para-hydroxylation sites is 1. The van der Waals surface area contributed by atoms with Gasteiger partial charge in [-0.05, 0) is 25.5 Å². The summed E-state index contributed by atoms with van der Waals surface area (Å²) >= 11 is 0. The molecule has 2 aromatic rings. The zero-order valence-corrected chi connectivity index (χ0v) is 12.2. The number of nitrogens with zero attached hydrogens (tertiary/aromatic N) is 2. The number of ether oxygens (including phenoxy) is 1. The highest BCUT2D eigenvalue weighted by molar-refractivity contribution is 5.88. The fourth-order valence-electron chi connectivity index (χ4n) is 2.14. The minimum Gasteiger partial charge on any atom is -0.461 e. The minimum absolute atomic E-state index is 0.0626. The van der Waals surface area contributed by atoms with E-state index in [1.165, 1.54) is 0 Å². The zero-order chi connectivity index (χ0) is 14.7.